The Balaban J connectivity index is 2.15. The van der Waals surface area contributed by atoms with Gasteiger partial charge in [0.2, 0.25) is 5.82 Å². The van der Waals surface area contributed by atoms with Crippen LogP contribution in [0.2, 0.25) is 5.15 Å². The van der Waals surface area contributed by atoms with Gasteiger partial charge in [0.05, 0.1) is 0 Å². The van der Waals surface area contributed by atoms with E-state index >= 15 is 0 Å². The molecule has 1 saturated carbocycles. The molecule has 0 aromatic carbocycles. The van der Waals surface area contributed by atoms with Gasteiger partial charge in [0, 0.05) is 12.1 Å². The number of nitrogens with zero attached hydrogens (tertiary/aromatic N) is 2. The number of rotatable bonds is 2. The van der Waals surface area contributed by atoms with Gasteiger partial charge in [-0.3, -0.25) is 0 Å². The Kier molecular flexibility index (Phi) is 3.66. The van der Waals surface area contributed by atoms with E-state index in [2.05, 4.69) is 22.2 Å². The second-order valence-electron chi connectivity index (χ2n) is 4.66. The molecule has 2 atom stereocenters. The van der Waals surface area contributed by atoms with Crippen molar-refractivity contribution in [2.24, 2.45) is 5.92 Å². The molecule has 0 aliphatic heterocycles. The molecule has 1 aromatic heterocycles. The van der Waals surface area contributed by atoms with Gasteiger partial charge in [0.15, 0.2) is 0 Å². The third kappa shape index (κ3) is 3.25. The fraction of sp³-hybridized carbons (Fsp3) is 0.636. The zero-order valence-corrected chi connectivity index (χ0v) is 10.5. The van der Waals surface area contributed by atoms with Crippen LogP contribution >= 0.6 is 11.6 Å². The summed E-state index contributed by atoms with van der Waals surface area (Å²) >= 11 is 5.58. The predicted octanol–water partition coefficient (Wildman–Crippen LogP) is 3.75. The molecule has 1 N–H and O–H groups in total. The summed E-state index contributed by atoms with van der Waals surface area (Å²) in [5.74, 6) is -0.480. The SMILES string of the molecule is CC1CCC(Nc2cc(Cl)nc(C(F)(F)F)n2)C1. The van der Waals surface area contributed by atoms with Crippen molar-refractivity contribution in [3.63, 3.8) is 0 Å². The highest BCUT2D eigenvalue weighted by molar-refractivity contribution is 6.29. The molecule has 0 saturated heterocycles. The van der Waals surface area contributed by atoms with Gasteiger partial charge in [-0.25, -0.2) is 9.97 Å². The molecular weight excluding hydrogens is 267 g/mol. The van der Waals surface area contributed by atoms with Crippen molar-refractivity contribution in [2.75, 3.05) is 5.32 Å². The number of halogens is 4. The molecule has 3 nitrogen and oxygen atoms in total. The molecule has 2 unspecified atom stereocenters. The number of anilines is 1. The number of aromatic nitrogens is 2. The predicted molar refractivity (Wildman–Crippen MR) is 62.5 cm³/mol. The molecule has 0 bridgehead atoms. The quantitative estimate of drug-likeness (QED) is 0.838. The van der Waals surface area contributed by atoms with Crippen LogP contribution in [-0.2, 0) is 6.18 Å². The first-order valence-corrected chi connectivity index (χ1v) is 6.10. The summed E-state index contributed by atoms with van der Waals surface area (Å²) in [5, 5.41) is 2.79. The second kappa shape index (κ2) is 4.91. The Labute approximate surface area is 108 Å². The van der Waals surface area contributed by atoms with Crippen LogP contribution in [0.25, 0.3) is 0 Å². The highest BCUT2D eigenvalue weighted by Gasteiger charge is 2.35. The number of nitrogens with one attached hydrogen (secondary N) is 1. The fourth-order valence-corrected chi connectivity index (χ4v) is 2.35. The molecule has 1 heterocycles. The highest BCUT2D eigenvalue weighted by Crippen LogP contribution is 2.30. The molecule has 1 aromatic rings. The first-order valence-electron chi connectivity index (χ1n) is 5.73. The van der Waals surface area contributed by atoms with E-state index in [-0.39, 0.29) is 17.0 Å². The van der Waals surface area contributed by atoms with Gasteiger partial charge in [0.25, 0.3) is 0 Å². The largest absolute Gasteiger partial charge is 0.451 e. The van der Waals surface area contributed by atoms with Gasteiger partial charge >= 0.3 is 6.18 Å². The van der Waals surface area contributed by atoms with E-state index < -0.39 is 12.0 Å². The second-order valence-corrected chi connectivity index (χ2v) is 5.04. The van der Waals surface area contributed by atoms with Crippen molar-refractivity contribution >= 4 is 17.4 Å². The van der Waals surface area contributed by atoms with Crippen molar-refractivity contribution in [3.05, 3.63) is 17.0 Å². The summed E-state index contributed by atoms with van der Waals surface area (Å²) in [7, 11) is 0. The summed E-state index contributed by atoms with van der Waals surface area (Å²) in [6, 6.07) is 1.48. The minimum atomic E-state index is -4.58. The van der Waals surface area contributed by atoms with Crippen LogP contribution in [0.4, 0.5) is 19.0 Å². The summed E-state index contributed by atoms with van der Waals surface area (Å²) < 4.78 is 37.5. The van der Waals surface area contributed by atoms with Crippen molar-refractivity contribution in [2.45, 2.75) is 38.4 Å². The van der Waals surface area contributed by atoms with Crippen molar-refractivity contribution in [3.8, 4) is 0 Å². The Morgan fingerprint density at radius 1 is 1.33 bits per heavy atom. The third-order valence-corrected chi connectivity index (χ3v) is 3.19. The lowest BCUT2D eigenvalue weighted by Gasteiger charge is -2.14. The van der Waals surface area contributed by atoms with Crippen LogP contribution in [0, 0.1) is 5.92 Å². The van der Waals surface area contributed by atoms with E-state index in [1.807, 2.05) is 0 Å². The van der Waals surface area contributed by atoms with Gasteiger partial charge in [-0.2, -0.15) is 13.2 Å². The average molecular weight is 280 g/mol. The maximum Gasteiger partial charge on any atom is 0.451 e. The summed E-state index contributed by atoms with van der Waals surface area (Å²) in [6.07, 6.45) is -1.64. The molecular formula is C11H13ClF3N3. The molecule has 100 valence electrons. The zero-order chi connectivity index (χ0) is 13.3. The van der Waals surface area contributed by atoms with E-state index in [1.54, 1.807) is 0 Å². The van der Waals surface area contributed by atoms with Gasteiger partial charge in [-0.1, -0.05) is 18.5 Å². The molecule has 18 heavy (non-hydrogen) atoms. The smallest absolute Gasteiger partial charge is 0.367 e. The maximum atomic E-state index is 12.5. The number of hydrogen-bond donors (Lipinski definition) is 1. The van der Waals surface area contributed by atoms with Crippen LogP contribution in [-0.4, -0.2) is 16.0 Å². The molecule has 7 heteroatoms. The van der Waals surface area contributed by atoms with E-state index in [0.29, 0.717) is 5.92 Å². The third-order valence-electron chi connectivity index (χ3n) is 3.00. The summed E-state index contributed by atoms with van der Waals surface area (Å²) in [5.41, 5.74) is 0. The van der Waals surface area contributed by atoms with Crippen molar-refractivity contribution < 1.29 is 13.2 Å². The monoisotopic (exact) mass is 279 g/mol. The Morgan fingerprint density at radius 3 is 2.61 bits per heavy atom. The van der Waals surface area contributed by atoms with Crippen LogP contribution < -0.4 is 5.32 Å². The standard InChI is InChI=1S/C11H13ClF3N3/c1-6-2-3-7(4-6)16-9-5-8(12)17-10(18-9)11(13,14)15/h5-7H,2-4H2,1H3,(H,16,17,18). The minimum absolute atomic E-state index is 0.140. The van der Waals surface area contributed by atoms with Crippen molar-refractivity contribution in [1.29, 1.82) is 0 Å². The normalized spacial score (nSPS) is 24.3. The molecule has 0 amide bonds. The van der Waals surface area contributed by atoms with Crippen LogP contribution in [0.5, 0.6) is 0 Å². The highest BCUT2D eigenvalue weighted by atomic mass is 35.5. The maximum absolute atomic E-state index is 12.5. The molecule has 1 aliphatic rings. The molecule has 0 radical (unpaired) electrons. The number of alkyl halides is 3. The molecule has 0 spiro atoms. The zero-order valence-electron chi connectivity index (χ0n) is 9.76. The molecule has 2 rings (SSSR count). The molecule has 1 fully saturated rings. The van der Waals surface area contributed by atoms with Gasteiger partial charge in [-0.15, -0.1) is 0 Å². The Morgan fingerprint density at radius 2 is 2.06 bits per heavy atom. The van der Waals surface area contributed by atoms with Crippen molar-refractivity contribution in [1.82, 2.24) is 9.97 Å². The van der Waals surface area contributed by atoms with Crippen LogP contribution in [0.15, 0.2) is 6.07 Å². The van der Waals surface area contributed by atoms with Gasteiger partial charge in [-0.05, 0) is 25.2 Å². The van der Waals surface area contributed by atoms with E-state index in [4.69, 9.17) is 11.6 Å². The lowest BCUT2D eigenvalue weighted by atomic mass is 10.1. The average Bonchev–Trinajstić information content (AvgIpc) is 2.61. The van der Waals surface area contributed by atoms with Gasteiger partial charge in [0.1, 0.15) is 11.0 Å². The first kappa shape index (κ1) is 13.4. The van der Waals surface area contributed by atoms with Crippen LogP contribution in [0.1, 0.15) is 32.0 Å². The number of hydrogen-bond acceptors (Lipinski definition) is 3. The van der Waals surface area contributed by atoms with E-state index in [1.165, 1.54) is 6.07 Å². The summed E-state index contributed by atoms with van der Waals surface area (Å²) in [4.78, 5) is 6.65. The Bertz CT molecular complexity index is 436. The fourth-order valence-electron chi connectivity index (χ4n) is 2.17. The van der Waals surface area contributed by atoms with Gasteiger partial charge < -0.3 is 5.32 Å². The first-order chi connectivity index (χ1) is 8.34. The van der Waals surface area contributed by atoms with E-state index in [9.17, 15) is 13.2 Å². The topological polar surface area (TPSA) is 37.8 Å². The lowest BCUT2D eigenvalue weighted by molar-refractivity contribution is -0.144. The van der Waals surface area contributed by atoms with E-state index in [0.717, 1.165) is 19.3 Å². The lowest BCUT2D eigenvalue weighted by Crippen LogP contribution is -2.19. The van der Waals surface area contributed by atoms with Crippen LogP contribution in [0.3, 0.4) is 0 Å². The Hall–Kier alpha value is -1.04. The minimum Gasteiger partial charge on any atom is -0.367 e. The molecule has 1 aliphatic carbocycles. The summed E-state index contributed by atoms with van der Waals surface area (Å²) in [6.45, 7) is 2.12.